The quantitative estimate of drug-likeness (QED) is 0.803. The van der Waals surface area contributed by atoms with Crippen LogP contribution in [-0.2, 0) is 6.54 Å². The van der Waals surface area contributed by atoms with Crippen molar-refractivity contribution in [2.45, 2.75) is 44.8 Å². The second-order valence-electron chi connectivity index (χ2n) is 6.51. The van der Waals surface area contributed by atoms with Crippen molar-refractivity contribution in [1.82, 2.24) is 10.3 Å². The fraction of sp³-hybridized carbons (Fsp3) is 0.529. The van der Waals surface area contributed by atoms with E-state index in [-0.39, 0.29) is 0 Å². The van der Waals surface area contributed by atoms with Gasteiger partial charge in [0.05, 0.1) is 5.60 Å². The van der Waals surface area contributed by atoms with Gasteiger partial charge in [-0.3, -0.25) is 0 Å². The standard InChI is InChI=1S/C17H23ClN2O/c1-12-4-6-17(21,7-5-12)11-19-9-13-10-20-16-8-14(18)2-3-15(13)16/h2-3,8,10,12,19-21H,4-7,9,11H2,1H3. The summed E-state index contributed by atoms with van der Waals surface area (Å²) in [6, 6.07) is 5.90. The first-order chi connectivity index (χ1) is 10.1. The molecule has 114 valence electrons. The molecule has 0 radical (unpaired) electrons. The van der Waals surface area contributed by atoms with E-state index in [4.69, 9.17) is 11.6 Å². The number of aromatic nitrogens is 1. The van der Waals surface area contributed by atoms with E-state index in [0.29, 0.717) is 6.54 Å². The number of rotatable bonds is 4. The highest BCUT2D eigenvalue weighted by Gasteiger charge is 2.31. The molecule has 21 heavy (non-hydrogen) atoms. The maximum Gasteiger partial charge on any atom is 0.0771 e. The maximum absolute atomic E-state index is 10.6. The summed E-state index contributed by atoms with van der Waals surface area (Å²) in [6.07, 6.45) is 6.09. The van der Waals surface area contributed by atoms with Crippen molar-refractivity contribution in [3.8, 4) is 0 Å². The molecule has 0 unspecified atom stereocenters. The molecule has 1 fully saturated rings. The largest absolute Gasteiger partial charge is 0.389 e. The molecule has 2 aromatic rings. The number of aromatic amines is 1. The van der Waals surface area contributed by atoms with Crippen LogP contribution in [0, 0.1) is 5.92 Å². The topological polar surface area (TPSA) is 48.0 Å². The first-order valence-corrected chi connectivity index (χ1v) is 8.12. The Morgan fingerprint density at radius 3 is 2.90 bits per heavy atom. The van der Waals surface area contributed by atoms with Crippen LogP contribution >= 0.6 is 11.6 Å². The van der Waals surface area contributed by atoms with Gasteiger partial charge in [-0.25, -0.2) is 0 Å². The lowest BCUT2D eigenvalue weighted by Crippen LogP contribution is -2.43. The Hall–Kier alpha value is -1.03. The van der Waals surface area contributed by atoms with Crippen LogP contribution in [0.2, 0.25) is 5.02 Å². The summed E-state index contributed by atoms with van der Waals surface area (Å²) in [7, 11) is 0. The average molecular weight is 307 g/mol. The zero-order valence-corrected chi connectivity index (χ0v) is 13.2. The smallest absolute Gasteiger partial charge is 0.0771 e. The molecule has 1 aliphatic rings. The monoisotopic (exact) mass is 306 g/mol. The lowest BCUT2D eigenvalue weighted by Gasteiger charge is -2.35. The van der Waals surface area contributed by atoms with E-state index in [0.717, 1.165) is 48.7 Å². The lowest BCUT2D eigenvalue weighted by atomic mass is 9.79. The maximum atomic E-state index is 10.6. The van der Waals surface area contributed by atoms with E-state index in [1.54, 1.807) is 0 Å². The molecule has 0 amide bonds. The van der Waals surface area contributed by atoms with Gasteiger partial charge >= 0.3 is 0 Å². The van der Waals surface area contributed by atoms with Gasteiger partial charge in [0, 0.05) is 35.2 Å². The third-order valence-corrected chi connectivity index (χ3v) is 4.94. The highest BCUT2D eigenvalue weighted by Crippen LogP contribution is 2.31. The second kappa shape index (κ2) is 5.99. The normalized spacial score (nSPS) is 26.3. The van der Waals surface area contributed by atoms with Crippen LogP contribution in [0.1, 0.15) is 38.2 Å². The number of benzene rings is 1. The van der Waals surface area contributed by atoms with Crippen LogP contribution in [-0.4, -0.2) is 22.2 Å². The third-order valence-electron chi connectivity index (χ3n) is 4.70. The van der Waals surface area contributed by atoms with Crippen LogP contribution < -0.4 is 5.32 Å². The number of aliphatic hydroxyl groups is 1. The van der Waals surface area contributed by atoms with Crippen LogP contribution in [0.25, 0.3) is 10.9 Å². The average Bonchev–Trinajstić information content (AvgIpc) is 2.85. The number of fused-ring (bicyclic) bond motifs is 1. The number of hydrogen-bond acceptors (Lipinski definition) is 2. The Bertz CT molecular complexity index is 614. The van der Waals surface area contributed by atoms with Gasteiger partial charge in [-0.2, -0.15) is 0 Å². The summed E-state index contributed by atoms with van der Waals surface area (Å²) in [5.74, 6) is 0.753. The second-order valence-corrected chi connectivity index (χ2v) is 6.95. The zero-order chi connectivity index (χ0) is 14.9. The van der Waals surface area contributed by atoms with Gasteiger partial charge in [-0.1, -0.05) is 24.6 Å². The molecule has 0 atom stereocenters. The Morgan fingerprint density at radius 2 is 2.14 bits per heavy atom. The Balaban J connectivity index is 1.59. The van der Waals surface area contributed by atoms with Gasteiger partial charge in [-0.15, -0.1) is 0 Å². The van der Waals surface area contributed by atoms with Gasteiger partial charge in [0.1, 0.15) is 0 Å². The highest BCUT2D eigenvalue weighted by atomic mass is 35.5. The number of H-pyrrole nitrogens is 1. The molecule has 0 aliphatic heterocycles. The van der Waals surface area contributed by atoms with Gasteiger partial charge in [0.15, 0.2) is 0 Å². The fourth-order valence-corrected chi connectivity index (χ4v) is 3.38. The molecule has 1 heterocycles. The molecular formula is C17H23ClN2O. The van der Waals surface area contributed by atoms with Crippen LogP contribution in [0.3, 0.4) is 0 Å². The minimum Gasteiger partial charge on any atom is -0.389 e. The Kier molecular flexibility index (Phi) is 4.25. The van der Waals surface area contributed by atoms with E-state index >= 15 is 0 Å². The molecule has 3 N–H and O–H groups in total. The van der Waals surface area contributed by atoms with Gasteiger partial charge in [0.2, 0.25) is 0 Å². The van der Waals surface area contributed by atoms with Crippen LogP contribution in [0.5, 0.6) is 0 Å². The van der Waals surface area contributed by atoms with Crippen molar-refractivity contribution in [2.24, 2.45) is 5.92 Å². The third kappa shape index (κ3) is 3.42. The summed E-state index contributed by atoms with van der Waals surface area (Å²) < 4.78 is 0. The molecule has 1 saturated carbocycles. The van der Waals surface area contributed by atoms with E-state index in [2.05, 4.69) is 17.2 Å². The Morgan fingerprint density at radius 1 is 1.38 bits per heavy atom. The SMILES string of the molecule is CC1CCC(O)(CNCc2c[nH]c3cc(Cl)ccc23)CC1. The van der Waals surface area contributed by atoms with Gasteiger partial charge in [0.25, 0.3) is 0 Å². The predicted molar refractivity (Wildman–Crippen MR) is 87.6 cm³/mol. The van der Waals surface area contributed by atoms with E-state index in [1.807, 2.05) is 24.4 Å². The van der Waals surface area contributed by atoms with Crippen LogP contribution in [0.15, 0.2) is 24.4 Å². The summed E-state index contributed by atoms with van der Waals surface area (Å²) in [6.45, 7) is 3.70. The first kappa shape index (κ1) is 14.9. The first-order valence-electron chi connectivity index (χ1n) is 7.74. The van der Waals surface area contributed by atoms with Crippen molar-refractivity contribution in [2.75, 3.05) is 6.54 Å². The summed E-state index contributed by atoms with van der Waals surface area (Å²) in [5.41, 5.74) is 1.75. The molecule has 0 bridgehead atoms. The molecule has 3 nitrogen and oxygen atoms in total. The van der Waals surface area contributed by atoms with E-state index in [9.17, 15) is 5.11 Å². The summed E-state index contributed by atoms with van der Waals surface area (Å²) in [4.78, 5) is 3.25. The van der Waals surface area contributed by atoms with Crippen molar-refractivity contribution >= 4 is 22.5 Å². The van der Waals surface area contributed by atoms with E-state index < -0.39 is 5.60 Å². The van der Waals surface area contributed by atoms with Gasteiger partial charge < -0.3 is 15.4 Å². The number of hydrogen-bond donors (Lipinski definition) is 3. The zero-order valence-electron chi connectivity index (χ0n) is 12.5. The van der Waals surface area contributed by atoms with Crippen molar-refractivity contribution in [3.05, 3.63) is 35.0 Å². The molecule has 1 aromatic carbocycles. The number of halogens is 1. The van der Waals surface area contributed by atoms with Crippen molar-refractivity contribution < 1.29 is 5.11 Å². The summed E-state index contributed by atoms with van der Waals surface area (Å²) in [5, 5.41) is 15.9. The fourth-order valence-electron chi connectivity index (χ4n) is 3.21. The molecule has 0 spiro atoms. The Labute approximate surface area is 130 Å². The molecule has 3 rings (SSSR count). The minimum absolute atomic E-state index is 0.526. The number of nitrogens with one attached hydrogen (secondary N) is 2. The van der Waals surface area contributed by atoms with Crippen LogP contribution in [0.4, 0.5) is 0 Å². The minimum atomic E-state index is -0.526. The predicted octanol–water partition coefficient (Wildman–Crippen LogP) is 3.85. The van der Waals surface area contributed by atoms with Crippen molar-refractivity contribution in [1.29, 1.82) is 0 Å². The van der Waals surface area contributed by atoms with E-state index in [1.165, 1.54) is 10.9 Å². The summed E-state index contributed by atoms with van der Waals surface area (Å²) >= 11 is 6.00. The molecule has 1 aliphatic carbocycles. The van der Waals surface area contributed by atoms with Gasteiger partial charge in [-0.05, 0) is 49.3 Å². The lowest BCUT2D eigenvalue weighted by molar-refractivity contribution is -0.00628. The highest BCUT2D eigenvalue weighted by molar-refractivity contribution is 6.31. The molecule has 4 heteroatoms. The molecular weight excluding hydrogens is 284 g/mol. The molecule has 1 aromatic heterocycles. The molecule has 0 saturated heterocycles. The van der Waals surface area contributed by atoms with Crippen molar-refractivity contribution in [3.63, 3.8) is 0 Å².